The maximum absolute atomic E-state index is 9.75. The molecule has 0 spiro atoms. The summed E-state index contributed by atoms with van der Waals surface area (Å²) in [6.45, 7) is 2.15. The van der Waals surface area contributed by atoms with Crippen molar-refractivity contribution in [2.75, 3.05) is 11.1 Å². The Morgan fingerprint density at radius 3 is 2.63 bits per heavy atom. The highest BCUT2D eigenvalue weighted by molar-refractivity contribution is 5.56. The van der Waals surface area contributed by atoms with E-state index in [2.05, 4.69) is 5.32 Å². The number of rotatable bonds is 4. The van der Waals surface area contributed by atoms with Crippen LogP contribution >= 0.6 is 0 Å². The second kappa shape index (κ2) is 5.63. The lowest BCUT2D eigenvalue weighted by molar-refractivity contribution is 0.199. The fourth-order valence-electron chi connectivity index (χ4n) is 1.88. The van der Waals surface area contributed by atoms with Crippen LogP contribution < -0.4 is 11.1 Å². The zero-order valence-corrected chi connectivity index (χ0v) is 10.8. The van der Waals surface area contributed by atoms with Gasteiger partial charge in [-0.15, -0.1) is 0 Å². The van der Waals surface area contributed by atoms with Gasteiger partial charge in [-0.3, -0.25) is 0 Å². The van der Waals surface area contributed by atoms with Crippen LogP contribution in [0.25, 0.3) is 0 Å². The standard InChI is InChI=1S/C15H18N2O2/c1-10(18)11-4-2-5-12(8-11)17-9-13-14(16)6-3-7-15(13)19/h2-8,10,17-19H,9,16H2,1H3. The third-order valence-electron chi connectivity index (χ3n) is 3.03. The van der Waals surface area contributed by atoms with Crippen molar-refractivity contribution < 1.29 is 10.2 Å². The number of benzene rings is 2. The van der Waals surface area contributed by atoms with Crippen molar-refractivity contribution in [3.05, 3.63) is 53.6 Å². The largest absolute Gasteiger partial charge is 0.508 e. The van der Waals surface area contributed by atoms with E-state index in [0.717, 1.165) is 11.3 Å². The number of hydrogen-bond donors (Lipinski definition) is 4. The fraction of sp³-hybridized carbons (Fsp3) is 0.200. The van der Waals surface area contributed by atoms with Crippen LogP contribution in [0, 0.1) is 0 Å². The molecular weight excluding hydrogens is 240 g/mol. The average Bonchev–Trinajstić information content (AvgIpc) is 2.38. The first-order valence-electron chi connectivity index (χ1n) is 6.16. The molecule has 2 aromatic rings. The van der Waals surface area contributed by atoms with E-state index in [0.29, 0.717) is 17.8 Å². The number of aromatic hydroxyl groups is 1. The Bertz CT molecular complexity index is 548. The Morgan fingerprint density at radius 1 is 1.21 bits per heavy atom. The first kappa shape index (κ1) is 13.2. The molecule has 5 N–H and O–H groups in total. The molecule has 1 unspecified atom stereocenters. The molecule has 0 bridgehead atoms. The quantitative estimate of drug-likeness (QED) is 0.636. The Balaban J connectivity index is 2.12. The van der Waals surface area contributed by atoms with E-state index in [9.17, 15) is 10.2 Å². The van der Waals surface area contributed by atoms with Crippen molar-refractivity contribution in [1.82, 2.24) is 0 Å². The lowest BCUT2D eigenvalue weighted by Gasteiger charge is -2.12. The third-order valence-corrected chi connectivity index (χ3v) is 3.03. The summed E-state index contributed by atoms with van der Waals surface area (Å²) < 4.78 is 0. The van der Waals surface area contributed by atoms with Gasteiger partial charge < -0.3 is 21.3 Å². The zero-order chi connectivity index (χ0) is 13.8. The highest BCUT2D eigenvalue weighted by atomic mass is 16.3. The molecule has 0 aliphatic carbocycles. The molecule has 0 aromatic heterocycles. The lowest BCUT2D eigenvalue weighted by atomic mass is 10.1. The van der Waals surface area contributed by atoms with Crippen LogP contribution in [0.1, 0.15) is 24.2 Å². The number of anilines is 2. The highest BCUT2D eigenvalue weighted by Crippen LogP contribution is 2.24. The van der Waals surface area contributed by atoms with Crippen molar-refractivity contribution in [3.63, 3.8) is 0 Å². The molecule has 0 fully saturated rings. The number of nitrogens with two attached hydrogens (primary N) is 1. The maximum atomic E-state index is 9.75. The molecule has 4 heteroatoms. The molecule has 100 valence electrons. The number of aliphatic hydroxyl groups excluding tert-OH is 1. The molecule has 0 radical (unpaired) electrons. The predicted molar refractivity (Wildman–Crippen MR) is 76.9 cm³/mol. The van der Waals surface area contributed by atoms with Crippen LogP contribution in [0.4, 0.5) is 11.4 Å². The molecular formula is C15H18N2O2. The van der Waals surface area contributed by atoms with Crippen molar-refractivity contribution in [2.24, 2.45) is 0 Å². The van der Waals surface area contributed by atoms with Crippen molar-refractivity contribution in [3.8, 4) is 5.75 Å². The normalized spacial score (nSPS) is 12.1. The Kier molecular flexibility index (Phi) is 3.92. The second-order valence-electron chi connectivity index (χ2n) is 4.50. The minimum Gasteiger partial charge on any atom is -0.508 e. The van der Waals surface area contributed by atoms with E-state index < -0.39 is 6.10 Å². The van der Waals surface area contributed by atoms with Crippen LogP contribution in [0.15, 0.2) is 42.5 Å². The van der Waals surface area contributed by atoms with Crippen LogP contribution in [-0.2, 0) is 6.54 Å². The van der Waals surface area contributed by atoms with Gasteiger partial charge in [0, 0.05) is 23.5 Å². The van der Waals surface area contributed by atoms with E-state index in [4.69, 9.17) is 5.73 Å². The highest BCUT2D eigenvalue weighted by Gasteiger charge is 2.06. The van der Waals surface area contributed by atoms with Gasteiger partial charge in [0.1, 0.15) is 5.75 Å². The second-order valence-corrected chi connectivity index (χ2v) is 4.50. The van der Waals surface area contributed by atoms with E-state index in [-0.39, 0.29) is 5.75 Å². The molecule has 0 saturated carbocycles. The third kappa shape index (κ3) is 3.17. The van der Waals surface area contributed by atoms with Gasteiger partial charge in [-0.2, -0.15) is 0 Å². The summed E-state index contributed by atoms with van der Waals surface area (Å²) in [6, 6.07) is 12.6. The zero-order valence-electron chi connectivity index (χ0n) is 10.8. The summed E-state index contributed by atoms with van der Waals surface area (Å²) in [4.78, 5) is 0. The van der Waals surface area contributed by atoms with Gasteiger partial charge >= 0.3 is 0 Å². The maximum Gasteiger partial charge on any atom is 0.122 e. The topological polar surface area (TPSA) is 78.5 Å². The van der Waals surface area contributed by atoms with Gasteiger partial charge in [0.25, 0.3) is 0 Å². The van der Waals surface area contributed by atoms with Gasteiger partial charge in [-0.1, -0.05) is 18.2 Å². The lowest BCUT2D eigenvalue weighted by Crippen LogP contribution is -2.04. The Labute approximate surface area is 112 Å². The van der Waals surface area contributed by atoms with Crippen molar-refractivity contribution in [1.29, 1.82) is 0 Å². The minimum atomic E-state index is -0.503. The molecule has 2 aromatic carbocycles. The summed E-state index contributed by atoms with van der Waals surface area (Å²) in [6.07, 6.45) is -0.503. The summed E-state index contributed by atoms with van der Waals surface area (Å²) >= 11 is 0. The predicted octanol–water partition coefficient (Wildman–Crippen LogP) is 2.64. The molecule has 4 nitrogen and oxygen atoms in total. The van der Waals surface area contributed by atoms with Crippen molar-refractivity contribution in [2.45, 2.75) is 19.6 Å². The molecule has 0 aliphatic heterocycles. The summed E-state index contributed by atoms with van der Waals surface area (Å²) in [5, 5.41) is 22.5. The number of nitrogen functional groups attached to an aromatic ring is 1. The summed E-state index contributed by atoms with van der Waals surface area (Å²) in [5.74, 6) is 0.180. The van der Waals surface area contributed by atoms with Crippen LogP contribution in [0.5, 0.6) is 5.75 Å². The van der Waals surface area contributed by atoms with E-state index in [1.54, 1.807) is 25.1 Å². The van der Waals surface area contributed by atoms with E-state index in [1.807, 2.05) is 24.3 Å². The van der Waals surface area contributed by atoms with Crippen LogP contribution in [0.3, 0.4) is 0 Å². The first-order valence-corrected chi connectivity index (χ1v) is 6.16. The van der Waals surface area contributed by atoms with Crippen LogP contribution in [0.2, 0.25) is 0 Å². The van der Waals surface area contributed by atoms with Gasteiger partial charge in [-0.25, -0.2) is 0 Å². The number of phenols is 1. The monoisotopic (exact) mass is 258 g/mol. The average molecular weight is 258 g/mol. The number of hydrogen-bond acceptors (Lipinski definition) is 4. The van der Waals surface area contributed by atoms with Gasteiger partial charge in [0.05, 0.1) is 6.10 Å². The Morgan fingerprint density at radius 2 is 1.95 bits per heavy atom. The molecule has 0 saturated heterocycles. The smallest absolute Gasteiger partial charge is 0.122 e. The van der Waals surface area contributed by atoms with Crippen LogP contribution in [-0.4, -0.2) is 10.2 Å². The van der Waals surface area contributed by atoms with E-state index in [1.165, 1.54) is 0 Å². The Hall–Kier alpha value is -2.20. The van der Waals surface area contributed by atoms with Gasteiger partial charge in [0.15, 0.2) is 0 Å². The fourth-order valence-corrected chi connectivity index (χ4v) is 1.88. The number of aliphatic hydroxyl groups is 1. The molecule has 1 atom stereocenters. The number of nitrogens with one attached hydrogen (secondary N) is 1. The molecule has 19 heavy (non-hydrogen) atoms. The molecule has 0 heterocycles. The van der Waals surface area contributed by atoms with Gasteiger partial charge in [-0.05, 0) is 36.8 Å². The minimum absolute atomic E-state index is 0.180. The van der Waals surface area contributed by atoms with Gasteiger partial charge in [0.2, 0.25) is 0 Å². The first-order chi connectivity index (χ1) is 9.08. The van der Waals surface area contributed by atoms with E-state index >= 15 is 0 Å². The molecule has 0 aliphatic rings. The summed E-state index contributed by atoms with van der Waals surface area (Å²) in [5.41, 5.74) is 8.77. The SMILES string of the molecule is CC(O)c1cccc(NCc2c(N)cccc2O)c1. The molecule has 2 rings (SSSR count). The summed E-state index contributed by atoms with van der Waals surface area (Å²) in [7, 11) is 0. The molecule has 0 amide bonds. The van der Waals surface area contributed by atoms with Crippen molar-refractivity contribution >= 4 is 11.4 Å². The number of phenolic OH excluding ortho intramolecular Hbond substituents is 1.